The third-order valence-electron chi connectivity index (χ3n) is 7.46. The maximum atomic E-state index is 14.2. The molecule has 0 aliphatic carbocycles. The third kappa shape index (κ3) is 8.19. The first kappa shape index (κ1) is 30.2. The van der Waals surface area contributed by atoms with Crippen molar-refractivity contribution >= 4 is 24.8 Å². The van der Waals surface area contributed by atoms with Gasteiger partial charge in [0.15, 0.2) is 5.82 Å². The number of hydrogen-bond acceptors (Lipinski definition) is 9. The fourth-order valence-corrected chi connectivity index (χ4v) is 4.99. The van der Waals surface area contributed by atoms with E-state index in [-0.39, 0.29) is 5.82 Å². The highest BCUT2D eigenvalue weighted by atomic mass is 19.1. The Kier molecular flexibility index (Phi) is 10.0. The number of ether oxygens (including phenoxy) is 1. The maximum absolute atomic E-state index is 14.2. The number of rotatable bonds is 12. The predicted octanol–water partition coefficient (Wildman–Crippen LogP) is 3.77. The van der Waals surface area contributed by atoms with Gasteiger partial charge in [-0.05, 0) is 55.2 Å². The van der Waals surface area contributed by atoms with Crippen molar-refractivity contribution < 1.29 is 14.2 Å². The normalized spacial score (nSPS) is 13.9. The van der Waals surface area contributed by atoms with Crippen LogP contribution in [0.5, 0.6) is 5.75 Å². The van der Waals surface area contributed by atoms with Crippen LogP contribution in [0.2, 0.25) is 6.82 Å². The lowest BCUT2D eigenvalue weighted by molar-refractivity contribution is 0.284. The zero-order valence-corrected chi connectivity index (χ0v) is 24.9. The van der Waals surface area contributed by atoms with Crippen LogP contribution in [0.1, 0.15) is 22.4 Å². The van der Waals surface area contributed by atoms with E-state index in [0.717, 1.165) is 66.5 Å². The van der Waals surface area contributed by atoms with Gasteiger partial charge in [0.2, 0.25) is 5.95 Å². The van der Waals surface area contributed by atoms with Gasteiger partial charge < -0.3 is 25.2 Å². The number of nitrogens with zero attached hydrogens (tertiary/aromatic N) is 6. The largest absolute Gasteiger partial charge is 0.497 e. The molecule has 4 aromatic rings. The summed E-state index contributed by atoms with van der Waals surface area (Å²) in [6.45, 7) is 8.92. The van der Waals surface area contributed by atoms with Gasteiger partial charge >= 0.3 is 7.05 Å². The molecule has 43 heavy (non-hydrogen) atoms. The highest BCUT2D eigenvalue weighted by Gasteiger charge is 2.18. The molecule has 1 aliphatic rings. The summed E-state index contributed by atoms with van der Waals surface area (Å²) in [6.07, 6.45) is 7.84. The van der Waals surface area contributed by atoms with Gasteiger partial charge in [-0.25, -0.2) is 14.1 Å². The van der Waals surface area contributed by atoms with E-state index in [1.807, 2.05) is 54.2 Å². The van der Waals surface area contributed by atoms with Gasteiger partial charge in [0, 0.05) is 69.3 Å². The summed E-state index contributed by atoms with van der Waals surface area (Å²) < 4.78 is 21.3. The van der Waals surface area contributed by atoms with Crippen LogP contribution in [0.15, 0.2) is 67.0 Å². The van der Waals surface area contributed by atoms with E-state index in [4.69, 9.17) is 4.74 Å². The third-order valence-corrected chi connectivity index (χ3v) is 7.46. The Morgan fingerprint density at radius 2 is 1.84 bits per heavy atom. The van der Waals surface area contributed by atoms with Crippen molar-refractivity contribution in [3.05, 3.63) is 95.2 Å². The Labute approximate surface area is 252 Å². The second kappa shape index (κ2) is 14.3. The zero-order valence-electron chi connectivity index (χ0n) is 24.9. The minimum atomic E-state index is -0.639. The van der Waals surface area contributed by atoms with Crippen molar-refractivity contribution in [1.82, 2.24) is 29.9 Å². The van der Waals surface area contributed by atoms with Crippen molar-refractivity contribution in [1.29, 1.82) is 0 Å². The highest BCUT2D eigenvalue weighted by Crippen LogP contribution is 2.21. The molecule has 0 radical (unpaired) electrons. The van der Waals surface area contributed by atoms with Crippen LogP contribution in [0.4, 0.5) is 16.0 Å². The molecule has 10 nitrogen and oxygen atoms in total. The van der Waals surface area contributed by atoms with E-state index in [1.165, 1.54) is 6.07 Å². The average molecular weight is 585 g/mol. The molecule has 1 fully saturated rings. The second-order valence-corrected chi connectivity index (χ2v) is 10.6. The van der Waals surface area contributed by atoms with E-state index in [1.54, 1.807) is 26.2 Å². The minimum absolute atomic E-state index is 0.260. The number of hydrogen-bond donors (Lipinski definition) is 3. The molecular formula is C31H38BFN8O2. The number of halogens is 1. The van der Waals surface area contributed by atoms with E-state index in [0.29, 0.717) is 24.9 Å². The number of anilines is 2. The summed E-state index contributed by atoms with van der Waals surface area (Å²) in [7, 11) is 1.01. The Morgan fingerprint density at radius 3 is 2.58 bits per heavy atom. The summed E-state index contributed by atoms with van der Waals surface area (Å²) >= 11 is 0. The summed E-state index contributed by atoms with van der Waals surface area (Å²) in [6, 6.07) is 14.8. The lowest BCUT2D eigenvalue weighted by Crippen LogP contribution is -2.46. The predicted molar refractivity (Wildman–Crippen MR) is 169 cm³/mol. The lowest BCUT2D eigenvalue weighted by atomic mass is 9.88. The Hall–Kier alpha value is -4.26. The highest BCUT2D eigenvalue weighted by molar-refractivity contribution is 6.45. The zero-order chi connectivity index (χ0) is 30.2. The summed E-state index contributed by atoms with van der Waals surface area (Å²) in [5.74, 6) is 1.79. The first-order valence-corrected chi connectivity index (χ1v) is 14.5. The van der Waals surface area contributed by atoms with Crippen molar-refractivity contribution in [2.45, 2.75) is 26.8 Å². The van der Waals surface area contributed by atoms with Gasteiger partial charge in [-0.2, -0.15) is 10.1 Å². The Morgan fingerprint density at radius 1 is 1.05 bits per heavy atom. The van der Waals surface area contributed by atoms with Crippen molar-refractivity contribution in [3.63, 3.8) is 0 Å². The van der Waals surface area contributed by atoms with Crippen LogP contribution >= 0.6 is 0 Å². The first-order valence-electron chi connectivity index (χ1n) is 14.5. The van der Waals surface area contributed by atoms with Gasteiger partial charge in [0.25, 0.3) is 0 Å². The summed E-state index contributed by atoms with van der Waals surface area (Å²) in [4.78, 5) is 13.6. The molecular weight excluding hydrogens is 546 g/mol. The molecule has 0 spiro atoms. The average Bonchev–Trinajstić information content (AvgIpc) is 3.39. The quantitative estimate of drug-likeness (QED) is 0.215. The molecule has 224 valence electrons. The molecule has 3 heterocycles. The molecule has 0 amide bonds. The molecule has 2 aromatic carbocycles. The lowest BCUT2D eigenvalue weighted by Gasteiger charge is -2.35. The Bertz CT molecular complexity index is 1520. The smallest absolute Gasteiger partial charge is 0.373 e. The fourth-order valence-electron chi connectivity index (χ4n) is 4.99. The van der Waals surface area contributed by atoms with Gasteiger partial charge in [-0.1, -0.05) is 24.3 Å². The fraction of sp³-hybridized carbons (Fsp3) is 0.323. The topological polar surface area (TPSA) is 104 Å². The molecule has 5 rings (SSSR count). The molecule has 0 unspecified atom stereocenters. The van der Waals surface area contributed by atoms with Crippen LogP contribution in [0.3, 0.4) is 0 Å². The molecule has 12 heteroatoms. The van der Waals surface area contributed by atoms with Crippen LogP contribution in [0.25, 0.3) is 11.9 Å². The van der Waals surface area contributed by atoms with Gasteiger partial charge in [-0.15, -0.1) is 0 Å². The molecule has 0 bridgehead atoms. The number of piperazine rings is 1. The van der Waals surface area contributed by atoms with E-state index in [9.17, 15) is 9.41 Å². The maximum Gasteiger partial charge on any atom is 0.373 e. The van der Waals surface area contributed by atoms with E-state index < -0.39 is 7.05 Å². The molecule has 0 saturated carbocycles. The summed E-state index contributed by atoms with van der Waals surface area (Å²) in [5, 5.41) is 20.3. The van der Waals surface area contributed by atoms with E-state index >= 15 is 0 Å². The number of benzene rings is 2. The van der Waals surface area contributed by atoms with Crippen molar-refractivity contribution in [2.24, 2.45) is 0 Å². The van der Waals surface area contributed by atoms with Crippen LogP contribution in [0, 0.1) is 12.7 Å². The first-order chi connectivity index (χ1) is 20.9. The van der Waals surface area contributed by atoms with Crippen LogP contribution in [-0.4, -0.2) is 76.6 Å². The van der Waals surface area contributed by atoms with Gasteiger partial charge in [0.1, 0.15) is 11.6 Å². The molecule has 1 aliphatic heterocycles. The van der Waals surface area contributed by atoms with Gasteiger partial charge in [-0.3, -0.25) is 4.90 Å². The SMILES string of the molecule is COc1ccc(CNc2nccc(-n3ncc(C=CCN4CCN(c5cc(F)cc(CNB(C)O)c5)CC4)c3C)n2)cc1. The Balaban J connectivity index is 1.13. The number of nitrogens with one attached hydrogen (secondary N) is 2. The molecule has 3 N–H and O–H groups in total. The molecule has 1 saturated heterocycles. The van der Waals surface area contributed by atoms with Crippen LogP contribution in [-0.2, 0) is 13.1 Å². The summed E-state index contributed by atoms with van der Waals surface area (Å²) in [5.41, 5.74) is 4.82. The molecule has 2 aromatic heterocycles. The number of methoxy groups -OCH3 is 1. The second-order valence-electron chi connectivity index (χ2n) is 10.6. The van der Waals surface area contributed by atoms with E-state index in [2.05, 4.69) is 47.6 Å². The standard InChI is InChI=1S/C31H38BFN8O2/c1-23-26(22-37-41(23)30-10-11-34-31(38-30)35-20-24-6-8-29(43-3)9-7-24)5-4-12-39-13-15-40(16-14-39)28-18-25(17-27(33)19-28)21-36-32(2)42/h4-11,17-19,22,36,42H,12-16,20-21H2,1-3H3,(H,34,35,38). The minimum Gasteiger partial charge on any atom is -0.497 e. The van der Waals surface area contributed by atoms with Crippen molar-refractivity contribution in [3.8, 4) is 11.6 Å². The monoisotopic (exact) mass is 584 g/mol. The van der Waals surface area contributed by atoms with Crippen LogP contribution < -0.4 is 20.2 Å². The number of aromatic nitrogens is 4. The van der Waals surface area contributed by atoms with Crippen molar-refractivity contribution in [2.75, 3.05) is 50.1 Å². The van der Waals surface area contributed by atoms with Gasteiger partial charge in [0.05, 0.1) is 19.0 Å². The molecule has 0 atom stereocenters.